The Labute approximate surface area is 101 Å². The van der Waals surface area contributed by atoms with E-state index in [1.807, 2.05) is 32.3 Å². The van der Waals surface area contributed by atoms with Gasteiger partial charge in [0, 0.05) is 0 Å². The fourth-order valence-electron chi connectivity index (χ4n) is 1.80. The topological polar surface area (TPSA) is 69.9 Å². The van der Waals surface area contributed by atoms with Crippen molar-refractivity contribution < 1.29 is 4.42 Å². The zero-order chi connectivity index (χ0) is 12.6. The second-order valence-corrected chi connectivity index (χ2v) is 4.89. The van der Waals surface area contributed by atoms with Gasteiger partial charge in [-0.3, -0.25) is 0 Å². The third kappa shape index (κ3) is 2.24. The zero-order valence-corrected chi connectivity index (χ0v) is 10.6. The summed E-state index contributed by atoms with van der Waals surface area (Å²) in [5, 5.41) is 0. The smallest absolute Gasteiger partial charge is 0.217 e. The van der Waals surface area contributed by atoms with E-state index in [-0.39, 0.29) is 6.04 Å². The molecule has 17 heavy (non-hydrogen) atoms. The van der Waals surface area contributed by atoms with Crippen molar-refractivity contribution in [2.45, 2.75) is 39.3 Å². The minimum Gasteiger partial charge on any atom is -0.444 e. The van der Waals surface area contributed by atoms with Gasteiger partial charge in [0.2, 0.25) is 5.89 Å². The summed E-state index contributed by atoms with van der Waals surface area (Å²) in [6, 6.07) is -0.0102. The van der Waals surface area contributed by atoms with Gasteiger partial charge in [-0.15, -0.1) is 0 Å². The minimum atomic E-state index is -0.438. The Bertz CT molecular complexity index is 507. The number of imidazole rings is 1. The molecule has 0 saturated carbocycles. The van der Waals surface area contributed by atoms with Gasteiger partial charge in [-0.2, -0.15) is 0 Å². The van der Waals surface area contributed by atoms with E-state index >= 15 is 0 Å². The molecule has 2 heterocycles. The SMILES string of the molecule is Cc1cnc(C(C)n2cncc2C(C)(C)N)o1. The van der Waals surface area contributed by atoms with E-state index in [0.29, 0.717) is 5.89 Å². The molecular weight excluding hydrogens is 216 g/mol. The Kier molecular flexibility index (Phi) is 2.79. The van der Waals surface area contributed by atoms with Crippen LogP contribution in [0.4, 0.5) is 0 Å². The molecule has 5 nitrogen and oxygen atoms in total. The monoisotopic (exact) mass is 234 g/mol. The molecule has 0 aromatic carbocycles. The third-order valence-corrected chi connectivity index (χ3v) is 2.74. The number of aromatic nitrogens is 3. The fraction of sp³-hybridized carbons (Fsp3) is 0.500. The van der Waals surface area contributed by atoms with Gasteiger partial charge in [-0.25, -0.2) is 9.97 Å². The molecule has 0 aliphatic rings. The lowest BCUT2D eigenvalue weighted by atomic mass is 10.0. The first-order chi connectivity index (χ1) is 7.89. The van der Waals surface area contributed by atoms with Crippen molar-refractivity contribution in [3.63, 3.8) is 0 Å². The molecule has 92 valence electrons. The summed E-state index contributed by atoms with van der Waals surface area (Å²) in [6.45, 7) is 7.80. The van der Waals surface area contributed by atoms with Crippen LogP contribution in [0.1, 0.15) is 44.2 Å². The molecule has 0 fully saturated rings. The van der Waals surface area contributed by atoms with Crippen LogP contribution >= 0.6 is 0 Å². The number of hydrogen-bond donors (Lipinski definition) is 1. The summed E-state index contributed by atoms with van der Waals surface area (Å²) < 4.78 is 7.53. The van der Waals surface area contributed by atoms with Gasteiger partial charge in [-0.05, 0) is 27.7 Å². The summed E-state index contributed by atoms with van der Waals surface area (Å²) >= 11 is 0. The van der Waals surface area contributed by atoms with Gasteiger partial charge in [0.25, 0.3) is 0 Å². The molecule has 1 atom stereocenters. The van der Waals surface area contributed by atoms with Gasteiger partial charge in [0.1, 0.15) is 11.8 Å². The number of aryl methyl sites for hydroxylation is 1. The third-order valence-electron chi connectivity index (χ3n) is 2.74. The summed E-state index contributed by atoms with van der Waals surface area (Å²) in [5.41, 5.74) is 6.63. The summed E-state index contributed by atoms with van der Waals surface area (Å²) in [6.07, 6.45) is 5.26. The number of nitrogens with zero attached hydrogens (tertiary/aromatic N) is 3. The first kappa shape index (κ1) is 11.9. The summed E-state index contributed by atoms with van der Waals surface area (Å²) in [4.78, 5) is 8.39. The van der Waals surface area contributed by atoms with Crippen LogP contribution in [-0.4, -0.2) is 14.5 Å². The van der Waals surface area contributed by atoms with Gasteiger partial charge >= 0.3 is 0 Å². The molecule has 0 spiro atoms. The normalized spacial score (nSPS) is 13.9. The van der Waals surface area contributed by atoms with Crippen LogP contribution in [0.3, 0.4) is 0 Å². The van der Waals surface area contributed by atoms with Crippen molar-refractivity contribution in [2.24, 2.45) is 5.73 Å². The summed E-state index contributed by atoms with van der Waals surface area (Å²) in [7, 11) is 0. The van der Waals surface area contributed by atoms with E-state index in [4.69, 9.17) is 10.2 Å². The Morgan fingerprint density at radius 2 is 2.12 bits per heavy atom. The Balaban J connectivity index is 2.38. The molecule has 2 aromatic rings. The highest BCUT2D eigenvalue weighted by atomic mass is 16.4. The number of rotatable bonds is 3. The maximum Gasteiger partial charge on any atom is 0.217 e. The van der Waals surface area contributed by atoms with Crippen molar-refractivity contribution in [2.75, 3.05) is 0 Å². The van der Waals surface area contributed by atoms with Gasteiger partial charge in [-0.1, -0.05) is 0 Å². The molecular formula is C12H18N4O. The standard InChI is InChI=1S/C12H18N4O/c1-8-5-15-11(17-8)9(2)16-7-14-6-10(16)12(3,4)13/h5-7,9H,13H2,1-4H3. The lowest BCUT2D eigenvalue weighted by Gasteiger charge is -2.23. The van der Waals surface area contributed by atoms with E-state index in [9.17, 15) is 0 Å². The van der Waals surface area contributed by atoms with Crippen LogP contribution in [-0.2, 0) is 5.54 Å². The van der Waals surface area contributed by atoms with Gasteiger partial charge in [0.05, 0.1) is 30.0 Å². The van der Waals surface area contributed by atoms with Gasteiger partial charge < -0.3 is 14.7 Å². The molecule has 2 aromatic heterocycles. The van der Waals surface area contributed by atoms with Gasteiger partial charge in [0.15, 0.2) is 0 Å². The predicted molar refractivity (Wildman–Crippen MR) is 64.5 cm³/mol. The van der Waals surface area contributed by atoms with Crippen LogP contribution in [0.25, 0.3) is 0 Å². The van der Waals surface area contributed by atoms with Crippen molar-refractivity contribution in [1.82, 2.24) is 14.5 Å². The maximum absolute atomic E-state index is 6.11. The molecule has 0 radical (unpaired) electrons. The molecule has 2 N–H and O–H groups in total. The molecule has 0 bridgehead atoms. The molecule has 0 amide bonds. The largest absolute Gasteiger partial charge is 0.444 e. The molecule has 0 aliphatic carbocycles. The van der Waals surface area contributed by atoms with Crippen molar-refractivity contribution in [3.05, 3.63) is 36.1 Å². The number of nitrogens with two attached hydrogens (primary N) is 1. The minimum absolute atomic E-state index is 0.0102. The molecule has 0 aliphatic heterocycles. The molecule has 0 saturated heterocycles. The highest BCUT2D eigenvalue weighted by molar-refractivity contribution is 5.13. The first-order valence-electron chi connectivity index (χ1n) is 5.63. The van der Waals surface area contributed by atoms with Crippen LogP contribution in [0.15, 0.2) is 23.1 Å². The fourth-order valence-corrected chi connectivity index (χ4v) is 1.80. The lowest BCUT2D eigenvalue weighted by molar-refractivity contribution is 0.393. The predicted octanol–water partition coefficient (Wildman–Crippen LogP) is 1.98. The summed E-state index contributed by atoms with van der Waals surface area (Å²) in [5.74, 6) is 1.48. The van der Waals surface area contributed by atoms with E-state index in [0.717, 1.165) is 11.5 Å². The number of oxazole rings is 1. The second-order valence-electron chi connectivity index (χ2n) is 4.89. The van der Waals surface area contributed by atoms with Crippen LogP contribution in [0.2, 0.25) is 0 Å². The Hall–Kier alpha value is -1.62. The highest BCUT2D eigenvalue weighted by Gasteiger charge is 2.23. The molecule has 1 unspecified atom stereocenters. The van der Waals surface area contributed by atoms with Crippen LogP contribution in [0.5, 0.6) is 0 Å². The van der Waals surface area contributed by atoms with E-state index in [1.165, 1.54) is 0 Å². The van der Waals surface area contributed by atoms with E-state index in [1.54, 1.807) is 18.7 Å². The van der Waals surface area contributed by atoms with E-state index in [2.05, 4.69) is 9.97 Å². The lowest BCUT2D eigenvalue weighted by Crippen LogP contribution is -2.32. The van der Waals surface area contributed by atoms with Crippen molar-refractivity contribution in [3.8, 4) is 0 Å². The average Bonchev–Trinajstić information content (AvgIpc) is 2.83. The first-order valence-corrected chi connectivity index (χ1v) is 5.63. The molecule has 2 rings (SSSR count). The Morgan fingerprint density at radius 3 is 2.65 bits per heavy atom. The number of hydrogen-bond acceptors (Lipinski definition) is 4. The van der Waals surface area contributed by atoms with Crippen molar-refractivity contribution >= 4 is 0 Å². The second kappa shape index (κ2) is 4.00. The van der Waals surface area contributed by atoms with Crippen LogP contribution in [0, 0.1) is 6.92 Å². The van der Waals surface area contributed by atoms with Crippen LogP contribution < -0.4 is 5.73 Å². The average molecular weight is 234 g/mol. The Morgan fingerprint density at radius 1 is 1.41 bits per heavy atom. The highest BCUT2D eigenvalue weighted by Crippen LogP contribution is 2.24. The molecule has 5 heteroatoms. The van der Waals surface area contributed by atoms with E-state index < -0.39 is 5.54 Å². The van der Waals surface area contributed by atoms with Crippen molar-refractivity contribution in [1.29, 1.82) is 0 Å². The maximum atomic E-state index is 6.11. The zero-order valence-electron chi connectivity index (χ0n) is 10.6. The quantitative estimate of drug-likeness (QED) is 0.881.